The van der Waals surface area contributed by atoms with E-state index in [1.54, 1.807) is 22.7 Å². The second-order valence-electron chi connectivity index (χ2n) is 3.66. The Morgan fingerprint density at radius 3 is 2.65 bits per heavy atom. The second kappa shape index (κ2) is 6.34. The molecule has 0 aromatic carbocycles. The third-order valence-corrected chi connectivity index (χ3v) is 5.41. The van der Waals surface area contributed by atoms with Crippen LogP contribution in [0.15, 0.2) is 28.1 Å². The van der Waals surface area contributed by atoms with Gasteiger partial charge in [-0.3, -0.25) is 0 Å². The minimum absolute atomic E-state index is 0.364. The van der Waals surface area contributed by atoms with Crippen LogP contribution in [0.4, 0.5) is 0 Å². The van der Waals surface area contributed by atoms with E-state index in [4.69, 9.17) is 11.6 Å². The first-order valence-electron chi connectivity index (χ1n) is 5.42. The lowest BCUT2D eigenvalue weighted by molar-refractivity contribution is 0.562. The first kappa shape index (κ1) is 13.6. The van der Waals surface area contributed by atoms with E-state index in [0.29, 0.717) is 6.04 Å². The maximum atomic E-state index is 6.00. The van der Waals surface area contributed by atoms with Crippen LogP contribution in [0.3, 0.4) is 0 Å². The number of hydrogen-bond acceptors (Lipinski definition) is 3. The molecule has 0 fully saturated rings. The summed E-state index contributed by atoms with van der Waals surface area (Å²) in [6, 6.07) is 8.72. The normalized spacial score (nSPS) is 12.9. The summed E-state index contributed by atoms with van der Waals surface area (Å²) < 4.78 is 2.04. The molecule has 2 aromatic rings. The zero-order valence-corrected chi connectivity index (χ0v) is 13.3. The van der Waals surface area contributed by atoms with Crippen LogP contribution >= 0.6 is 50.2 Å². The Morgan fingerprint density at radius 2 is 2.12 bits per heavy atom. The van der Waals surface area contributed by atoms with Gasteiger partial charge in [-0.1, -0.05) is 18.5 Å². The van der Waals surface area contributed by atoms with Crippen molar-refractivity contribution in [2.75, 3.05) is 6.54 Å². The Kier molecular flexibility index (Phi) is 5.06. The van der Waals surface area contributed by atoms with E-state index in [1.165, 1.54) is 13.5 Å². The summed E-state index contributed by atoms with van der Waals surface area (Å²) in [5.41, 5.74) is 0. The molecule has 0 bridgehead atoms. The van der Waals surface area contributed by atoms with Crippen molar-refractivity contribution in [3.63, 3.8) is 0 Å². The number of likely N-dealkylation sites (N-methyl/N-ethyl adjacent to an activating group) is 1. The predicted molar refractivity (Wildman–Crippen MR) is 81.5 cm³/mol. The van der Waals surface area contributed by atoms with E-state index in [1.807, 2.05) is 6.07 Å². The van der Waals surface area contributed by atoms with Gasteiger partial charge in [0.05, 0.1) is 8.12 Å². The van der Waals surface area contributed by atoms with Gasteiger partial charge in [0.2, 0.25) is 0 Å². The third-order valence-electron chi connectivity index (χ3n) is 2.42. The molecular formula is C12H13BrClNS2. The van der Waals surface area contributed by atoms with E-state index in [0.717, 1.165) is 17.3 Å². The summed E-state index contributed by atoms with van der Waals surface area (Å²) in [6.07, 6.45) is 1.01. The van der Waals surface area contributed by atoms with E-state index in [9.17, 15) is 0 Å². The van der Waals surface area contributed by atoms with E-state index in [2.05, 4.69) is 46.4 Å². The van der Waals surface area contributed by atoms with Crippen LogP contribution in [0.1, 0.15) is 22.7 Å². The summed E-state index contributed by atoms with van der Waals surface area (Å²) in [5, 5.41) is 3.51. The lowest BCUT2D eigenvalue weighted by Crippen LogP contribution is -2.21. The van der Waals surface area contributed by atoms with Crippen LogP contribution in [0, 0.1) is 0 Å². The number of thiophene rings is 2. The van der Waals surface area contributed by atoms with Gasteiger partial charge in [0, 0.05) is 22.2 Å². The SMILES string of the molecule is CCNC(Cc1ccc(Br)s1)c1ccc(Cl)s1. The highest BCUT2D eigenvalue weighted by Crippen LogP contribution is 2.31. The molecule has 17 heavy (non-hydrogen) atoms. The van der Waals surface area contributed by atoms with Crippen molar-refractivity contribution in [3.8, 4) is 0 Å². The topological polar surface area (TPSA) is 12.0 Å². The molecule has 0 amide bonds. The maximum Gasteiger partial charge on any atom is 0.0931 e. The van der Waals surface area contributed by atoms with E-state index < -0.39 is 0 Å². The van der Waals surface area contributed by atoms with Gasteiger partial charge < -0.3 is 5.32 Å². The summed E-state index contributed by atoms with van der Waals surface area (Å²) >= 11 is 12.9. The average Bonchev–Trinajstić information content (AvgIpc) is 2.87. The molecular weight excluding hydrogens is 338 g/mol. The van der Waals surface area contributed by atoms with Crippen molar-refractivity contribution in [3.05, 3.63) is 42.1 Å². The molecule has 0 aliphatic heterocycles. The standard InChI is InChI=1S/C12H13BrClNS2/c1-2-15-9(10-4-6-12(14)17-10)7-8-3-5-11(13)16-8/h3-6,9,15H,2,7H2,1H3. The molecule has 1 unspecified atom stereocenters. The third kappa shape index (κ3) is 3.80. The molecule has 0 radical (unpaired) electrons. The fourth-order valence-electron chi connectivity index (χ4n) is 1.70. The molecule has 5 heteroatoms. The zero-order valence-electron chi connectivity index (χ0n) is 9.37. The minimum Gasteiger partial charge on any atom is -0.309 e. The number of halogens is 2. The van der Waals surface area contributed by atoms with Gasteiger partial charge in [-0.2, -0.15) is 0 Å². The summed E-state index contributed by atoms with van der Waals surface area (Å²) in [6.45, 7) is 3.10. The molecule has 92 valence electrons. The van der Waals surface area contributed by atoms with Gasteiger partial charge in [0.25, 0.3) is 0 Å². The van der Waals surface area contributed by atoms with Crippen LogP contribution in [-0.4, -0.2) is 6.54 Å². The Hall–Kier alpha value is 0.130. The molecule has 2 heterocycles. The van der Waals surface area contributed by atoms with Crippen molar-refractivity contribution >= 4 is 50.2 Å². The predicted octanol–water partition coefficient (Wildman–Crippen LogP) is 5.12. The van der Waals surface area contributed by atoms with Crippen LogP contribution in [-0.2, 0) is 6.42 Å². The van der Waals surface area contributed by atoms with Crippen molar-refractivity contribution in [1.29, 1.82) is 0 Å². The molecule has 0 aliphatic rings. The smallest absolute Gasteiger partial charge is 0.0931 e. The van der Waals surface area contributed by atoms with Crippen molar-refractivity contribution < 1.29 is 0 Å². The Morgan fingerprint density at radius 1 is 1.29 bits per heavy atom. The van der Waals surface area contributed by atoms with Gasteiger partial charge in [-0.05, 0) is 46.7 Å². The molecule has 0 spiro atoms. The maximum absolute atomic E-state index is 6.00. The fourth-order valence-corrected chi connectivity index (χ4v) is 4.36. The number of rotatable bonds is 5. The number of nitrogens with one attached hydrogen (secondary N) is 1. The zero-order chi connectivity index (χ0) is 12.3. The van der Waals surface area contributed by atoms with Crippen LogP contribution in [0.2, 0.25) is 4.34 Å². The Labute approximate surface area is 123 Å². The average molecular weight is 351 g/mol. The monoisotopic (exact) mass is 349 g/mol. The van der Waals surface area contributed by atoms with E-state index >= 15 is 0 Å². The van der Waals surface area contributed by atoms with Gasteiger partial charge in [0.1, 0.15) is 0 Å². The summed E-state index contributed by atoms with van der Waals surface area (Å²) in [7, 11) is 0. The highest BCUT2D eigenvalue weighted by Gasteiger charge is 2.14. The Bertz CT molecular complexity index is 480. The Balaban J connectivity index is 2.12. The molecule has 1 N–H and O–H groups in total. The summed E-state index contributed by atoms with van der Waals surface area (Å²) in [5.74, 6) is 0. The van der Waals surface area contributed by atoms with Crippen molar-refractivity contribution in [1.82, 2.24) is 5.32 Å². The molecule has 0 saturated heterocycles. The van der Waals surface area contributed by atoms with Gasteiger partial charge in [0.15, 0.2) is 0 Å². The molecule has 0 aliphatic carbocycles. The van der Waals surface area contributed by atoms with E-state index in [-0.39, 0.29) is 0 Å². The first-order valence-corrected chi connectivity index (χ1v) is 8.22. The highest BCUT2D eigenvalue weighted by molar-refractivity contribution is 9.11. The fraction of sp³-hybridized carbons (Fsp3) is 0.333. The molecule has 2 aromatic heterocycles. The first-order chi connectivity index (χ1) is 8.19. The molecule has 0 saturated carbocycles. The quantitative estimate of drug-likeness (QED) is 0.789. The van der Waals surface area contributed by atoms with Crippen molar-refractivity contribution in [2.45, 2.75) is 19.4 Å². The highest BCUT2D eigenvalue weighted by atomic mass is 79.9. The van der Waals surface area contributed by atoms with Crippen LogP contribution < -0.4 is 5.32 Å². The van der Waals surface area contributed by atoms with Gasteiger partial charge >= 0.3 is 0 Å². The van der Waals surface area contributed by atoms with Crippen LogP contribution in [0.25, 0.3) is 0 Å². The largest absolute Gasteiger partial charge is 0.309 e. The van der Waals surface area contributed by atoms with Gasteiger partial charge in [-0.25, -0.2) is 0 Å². The number of hydrogen-bond donors (Lipinski definition) is 1. The van der Waals surface area contributed by atoms with Crippen molar-refractivity contribution in [2.24, 2.45) is 0 Å². The molecule has 2 rings (SSSR count). The minimum atomic E-state index is 0.364. The molecule has 1 atom stereocenters. The second-order valence-corrected chi connectivity index (χ2v) is 7.96. The molecule has 1 nitrogen and oxygen atoms in total. The van der Waals surface area contributed by atoms with Crippen LogP contribution in [0.5, 0.6) is 0 Å². The summed E-state index contributed by atoms with van der Waals surface area (Å²) in [4.78, 5) is 2.69. The lowest BCUT2D eigenvalue weighted by atomic mass is 10.1. The van der Waals surface area contributed by atoms with Gasteiger partial charge in [-0.15, -0.1) is 22.7 Å². The lowest BCUT2D eigenvalue weighted by Gasteiger charge is -2.15.